The second kappa shape index (κ2) is 5.47. The van der Waals surface area contributed by atoms with E-state index >= 15 is 0 Å². The minimum absolute atomic E-state index is 0.160. The lowest BCUT2D eigenvalue weighted by molar-refractivity contribution is 0.441. The summed E-state index contributed by atoms with van der Waals surface area (Å²) in [4.78, 5) is 0. The van der Waals surface area contributed by atoms with E-state index in [1.807, 2.05) is 27.7 Å². The third-order valence-corrected chi connectivity index (χ3v) is 4.07. The summed E-state index contributed by atoms with van der Waals surface area (Å²) >= 11 is 3.31. The Morgan fingerprint density at radius 1 is 1.36 bits per heavy atom. The highest BCUT2D eigenvalue weighted by Gasteiger charge is 2.24. The SMILES string of the molecule is CC(C)CS(=O)(=O)NC(C)(C)CCBr. The van der Waals surface area contributed by atoms with E-state index in [0.29, 0.717) is 0 Å². The first kappa shape index (κ1) is 14.4. The molecule has 0 aromatic rings. The molecule has 14 heavy (non-hydrogen) atoms. The highest BCUT2D eigenvalue weighted by Crippen LogP contribution is 2.12. The highest BCUT2D eigenvalue weighted by atomic mass is 79.9. The van der Waals surface area contributed by atoms with Gasteiger partial charge in [0.2, 0.25) is 10.0 Å². The average molecular weight is 286 g/mol. The summed E-state index contributed by atoms with van der Waals surface area (Å²) in [5, 5.41) is 0.796. The maximum atomic E-state index is 11.6. The molecule has 0 atom stereocenters. The van der Waals surface area contributed by atoms with Crippen molar-refractivity contribution < 1.29 is 8.42 Å². The van der Waals surface area contributed by atoms with E-state index in [9.17, 15) is 8.42 Å². The van der Waals surface area contributed by atoms with Gasteiger partial charge in [0.1, 0.15) is 0 Å². The van der Waals surface area contributed by atoms with Crippen molar-refractivity contribution in [3.8, 4) is 0 Å². The standard InChI is InChI=1S/C9H20BrNO2S/c1-8(2)7-14(12,13)11-9(3,4)5-6-10/h8,11H,5-7H2,1-4H3. The number of rotatable bonds is 6. The zero-order chi connectivity index (χ0) is 11.4. The van der Waals surface area contributed by atoms with Crippen molar-refractivity contribution in [3.05, 3.63) is 0 Å². The molecule has 0 fully saturated rings. The Kier molecular flexibility index (Phi) is 5.62. The third-order valence-electron chi connectivity index (χ3n) is 1.70. The lowest BCUT2D eigenvalue weighted by Crippen LogP contribution is -2.45. The van der Waals surface area contributed by atoms with Gasteiger partial charge in [-0.2, -0.15) is 0 Å². The van der Waals surface area contributed by atoms with Crippen molar-refractivity contribution in [1.82, 2.24) is 4.72 Å². The molecule has 0 unspecified atom stereocenters. The molecular formula is C9H20BrNO2S. The lowest BCUT2D eigenvalue weighted by atomic mass is 10.0. The second-order valence-electron chi connectivity index (χ2n) is 4.60. The Morgan fingerprint density at radius 3 is 2.21 bits per heavy atom. The molecule has 0 radical (unpaired) electrons. The summed E-state index contributed by atoms with van der Waals surface area (Å²) in [6.07, 6.45) is 0.782. The Labute approximate surface area is 95.8 Å². The van der Waals surface area contributed by atoms with Gasteiger partial charge in [-0.1, -0.05) is 29.8 Å². The number of sulfonamides is 1. The maximum Gasteiger partial charge on any atom is 0.212 e. The molecule has 3 nitrogen and oxygen atoms in total. The van der Waals surface area contributed by atoms with Crippen LogP contribution in [0.5, 0.6) is 0 Å². The van der Waals surface area contributed by atoms with Crippen molar-refractivity contribution in [2.75, 3.05) is 11.1 Å². The molecule has 0 rings (SSSR count). The molecule has 0 amide bonds. The molecule has 0 saturated carbocycles. The van der Waals surface area contributed by atoms with Gasteiger partial charge in [-0.05, 0) is 26.2 Å². The van der Waals surface area contributed by atoms with Crippen molar-refractivity contribution in [2.24, 2.45) is 5.92 Å². The zero-order valence-corrected chi connectivity index (χ0v) is 11.7. The maximum absolute atomic E-state index is 11.6. The highest BCUT2D eigenvalue weighted by molar-refractivity contribution is 9.09. The van der Waals surface area contributed by atoms with Crippen LogP contribution in [-0.4, -0.2) is 25.0 Å². The predicted molar refractivity (Wildman–Crippen MR) is 64.3 cm³/mol. The predicted octanol–water partition coefficient (Wildman–Crippen LogP) is 2.13. The Balaban J connectivity index is 4.35. The van der Waals surface area contributed by atoms with E-state index in [1.54, 1.807) is 0 Å². The lowest BCUT2D eigenvalue weighted by Gasteiger charge is -2.25. The van der Waals surface area contributed by atoms with Crippen LogP contribution in [0.1, 0.15) is 34.1 Å². The first-order valence-corrected chi connectivity index (χ1v) is 7.53. The molecule has 0 aliphatic rings. The summed E-state index contributed by atoms with van der Waals surface area (Å²) in [6, 6.07) is 0. The molecule has 0 saturated heterocycles. The largest absolute Gasteiger partial charge is 0.212 e. The molecule has 0 heterocycles. The van der Waals surface area contributed by atoms with Gasteiger partial charge in [-0.3, -0.25) is 0 Å². The van der Waals surface area contributed by atoms with Crippen molar-refractivity contribution in [1.29, 1.82) is 0 Å². The third kappa shape index (κ3) is 6.79. The van der Waals surface area contributed by atoms with Gasteiger partial charge < -0.3 is 0 Å². The van der Waals surface area contributed by atoms with Gasteiger partial charge in [0.05, 0.1) is 5.75 Å². The van der Waals surface area contributed by atoms with Crippen LogP contribution in [0.15, 0.2) is 0 Å². The molecular weight excluding hydrogens is 266 g/mol. The zero-order valence-electron chi connectivity index (χ0n) is 9.30. The van der Waals surface area contributed by atoms with Gasteiger partial charge >= 0.3 is 0 Å². The molecule has 0 aromatic heterocycles. The van der Waals surface area contributed by atoms with Crippen LogP contribution in [0.3, 0.4) is 0 Å². The monoisotopic (exact) mass is 285 g/mol. The fourth-order valence-electron chi connectivity index (χ4n) is 1.19. The van der Waals surface area contributed by atoms with Crippen molar-refractivity contribution >= 4 is 26.0 Å². The van der Waals surface area contributed by atoms with Gasteiger partial charge in [0.15, 0.2) is 0 Å². The second-order valence-corrected chi connectivity index (χ2v) is 7.16. The van der Waals surface area contributed by atoms with E-state index in [4.69, 9.17) is 0 Å². The Morgan fingerprint density at radius 2 is 1.86 bits per heavy atom. The first-order chi connectivity index (χ1) is 6.18. The van der Waals surface area contributed by atoms with Crippen LogP contribution in [-0.2, 0) is 10.0 Å². The van der Waals surface area contributed by atoms with E-state index < -0.39 is 10.0 Å². The van der Waals surface area contributed by atoms with E-state index in [2.05, 4.69) is 20.7 Å². The summed E-state index contributed by atoms with van der Waals surface area (Å²) in [7, 11) is -3.13. The minimum Gasteiger partial charge on any atom is -0.212 e. The molecule has 1 N–H and O–H groups in total. The molecule has 0 aliphatic carbocycles. The normalized spacial score (nSPS) is 13.6. The van der Waals surface area contributed by atoms with Gasteiger partial charge in [-0.15, -0.1) is 0 Å². The molecule has 0 spiro atoms. The van der Waals surface area contributed by atoms with Crippen molar-refractivity contribution in [2.45, 2.75) is 39.7 Å². The summed E-state index contributed by atoms with van der Waals surface area (Å²) in [5.74, 6) is 0.353. The fourth-order valence-corrected chi connectivity index (χ4v) is 4.08. The van der Waals surface area contributed by atoms with Crippen LogP contribution in [0.25, 0.3) is 0 Å². The fraction of sp³-hybridized carbons (Fsp3) is 1.00. The van der Waals surface area contributed by atoms with Crippen LogP contribution in [0.2, 0.25) is 0 Å². The Bertz CT molecular complexity index is 260. The quantitative estimate of drug-likeness (QED) is 0.760. The van der Waals surface area contributed by atoms with Crippen LogP contribution >= 0.6 is 15.9 Å². The molecule has 0 aliphatic heterocycles. The van der Waals surface area contributed by atoms with Crippen LogP contribution in [0.4, 0.5) is 0 Å². The molecule has 86 valence electrons. The summed E-state index contributed by atoms with van der Waals surface area (Å²) in [5.41, 5.74) is -0.364. The molecule has 0 aromatic carbocycles. The number of alkyl halides is 1. The van der Waals surface area contributed by atoms with Gasteiger partial charge in [0, 0.05) is 10.9 Å². The number of halogens is 1. The van der Waals surface area contributed by atoms with Crippen LogP contribution < -0.4 is 4.72 Å². The van der Waals surface area contributed by atoms with E-state index in [1.165, 1.54) is 0 Å². The van der Waals surface area contributed by atoms with Crippen LogP contribution in [0, 0.1) is 5.92 Å². The number of hydrogen-bond acceptors (Lipinski definition) is 2. The molecule has 0 bridgehead atoms. The smallest absolute Gasteiger partial charge is 0.212 e. The topological polar surface area (TPSA) is 46.2 Å². The van der Waals surface area contributed by atoms with Gasteiger partial charge in [-0.25, -0.2) is 13.1 Å². The minimum atomic E-state index is -3.13. The van der Waals surface area contributed by atoms with Gasteiger partial charge in [0.25, 0.3) is 0 Å². The first-order valence-electron chi connectivity index (χ1n) is 4.76. The van der Waals surface area contributed by atoms with E-state index in [-0.39, 0.29) is 17.2 Å². The summed E-state index contributed by atoms with van der Waals surface area (Å²) in [6.45, 7) is 7.59. The van der Waals surface area contributed by atoms with Crippen molar-refractivity contribution in [3.63, 3.8) is 0 Å². The average Bonchev–Trinajstić information content (AvgIpc) is 1.78. The number of nitrogens with one attached hydrogen (secondary N) is 1. The molecule has 5 heteroatoms. The number of hydrogen-bond donors (Lipinski definition) is 1. The summed E-state index contributed by atoms with van der Waals surface area (Å²) < 4.78 is 25.9. The van der Waals surface area contributed by atoms with E-state index in [0.717, 1.165) is 11.8 Å². The Hall–Kier alpha value is 0.390.